The van der Waals surface area contributed by atoms with Gasteiger partial charge in [0.25, 0.3) is 0 Å². The first-order valence-electron chi connectivity index (χ1n) is 8.11. The Morgan fingerprint density at radius 2 is 2.04 bits per heavy atom. The summed E-state index contributed by atoms with van der Waals surface area (Å²) in [5.41, 5.74) is 1.77. The van der Waals surface area contributed by atoms with Crippen molar-refractivity contribution >= 4 is 5.91 Å². The number of hydrogen-bond acceptors (Lipinski definition) is 3. The van der Waals surface area contributed by atoms with Gasteiger partial charge in [-0.2, -0.15) is 0 Å². The van der Waals surface area contributed by atoms with Gasteiger partial charge in [-0.1, -0.05) is 18.2 Å². The molecule has 5 heteroatoms. The molecule has 0 fully saturated rings. The van der Waals surface area contributed by atoms with Gasteiger partial charge in [-0.05, 0) is 48.6 Å². The minimum atomic E-state index is -0.364. The molecule has 0 saturated carbocycles. The fourth-order valence-electron chi connectivity index (χ4n) is 2.52. The zero-order chi connectivity index (χ0) is 17.2. The second-order valence-electron chi connectivity index (χ2n) is 5.66. The first-order valence-corrected chi connectivity index (χ1v) is 8.11. The number of nitrogens with one attached hydrogen (secondary N) is 1. The van der Waals surface area contributed by atoms with Crippen LogP contribution in [0.5, 0.6) is 0 Å². The molecule has 0 aliphatic rings. The third kappa shape index (κ3) is 5.74. The Labute approximate surface area is 142 Å². The standard InChI is InChI=1S/C19H23FN2O2/c1-24-12-3-2-11-22-19(23)18(13-15-5-4-10-21-14-15)16-6-8-17(20)9-7-16/h4-10,14,18H,2-3,11-13H2,1H3,(H,22,23). The number of carbonyl (C=O) groups is 1. The molecular weight excluding hydrogens is 307 g/mol. The van der Waals surface area contributed by atoms with E-state index in [4.69, 9.17) is 4.74 Å². The lowest BCUT2D eigenvalue weighted by Crippen LogP contribution is -2.31. The minimum absolute atomic E-state index is 0.0529. The monoisotopic (exact) mass is 330 g/mol. The van der Waals surface area contributed by atoms with Crippen molar-refractivity contribution in [1.82, 2.24) is 10.3 Å². The third-order valence-electron chi connectivity index (χ3n) is 3.83. The second-order valence-corrected chi connectivity index (χ2v) is 5.66. The number of amides is 1. The van der Waals surface area contributed by atoms with E-state index in [0.29, 0.717) is 19.6 Å². The van der Waals surface area contributed by atoms with Crippen molar-refractivity contribution in [2.24, 2.45) is 0 Å². The lowest BCUT2D eigenvalue weighted by atomic mass is 9.91. The Kier molecular flexibility index (Phi) is 7.36. The quantitative estimate of drug-likeness (QED) is 0.719. The van der Waals surface area contributed by atoms with Crippen molar-refractivity contribution < 1.29 is 13.9 Å². The van der Waals surface area contributed by atoms with Crippen molar-refractivity contribution in [1.29, 1.82) is 0 Å². The van der Waals surface area contributed by atoms with Gasteiger partial charge in [0.15, 0.2) is 0 Å². The maximum Gasteiger partial charge on any atom is 0.227 e. The third-order valence-corrected chi connectivity index (χ3v) is 3.83. The summed E-state index contributed by atoms with van der Waals surface area (Å²) in [5.74, 6) is -0.723. The van der Waals surface area contributed by atoms with E-state index in [2.05, 4.69) is 10.3 Å². The van der Waals surface area contributed by atoms with Gasteiger partial charge in [-0.25, -0.2) is 4.39 Å². The van der Waals surface area contributed by atoms with Gasteiger partial charge in [0.05, 0.1) is 5.92 Å². The Morgan fingerprint density at radius 3 is 2.71 bits per heavy atom. The van der Waals surface area contributed by atoms with Crippen LogP contribution in [0.15, 0.2) is 48.8 Å². The molecule has 0 aliphatic heterocycles. The van der Waals surface area contributed by atoms with Crippen LogP contribution < -0.4 is 5.32 Å². The maximum atomic E-state index is 13.2. The summed E-state index contributed by atoms with van der Waals surface area (Å²) in [6, 6.07) is 9.89. The van der Waals surface area contributed by atoms with Crippen LogP contribution in [0.1, 0.15) is 29.9 Å². The van der Waals surface area contributed by atoms with Gasteiger partial charge in [0.2, 0.25) is 5.91 Å². The molecule has 1 atom stereocenters. The summed E-state index contributed by atoms with van der Waals surface area (Å²) in [4.78, 5) is 16.7. The predicted molar refractivity (Wildman–Crippen MR) is 91.2 cm³/mol. The number of halogens is 1. The number of methoxy groups -OCH3 is 1. The molecule has 0 spiro atoms. The van der Waals surface area contributed by atoms with Gasteiger partial charge >= 0.3 is 0 Å². The van der Waals surface area contributed by atoms with E-state index in [0.717, 1.165) is 24.0 Å². The van der Waals surface area contributed by atoms with Crippen LogP contribution >= 0.6 is 0 Å². The fourth-order valence-corrected chi connectivity index (χ4v) is 2.52. The molecule has 0 aliphatic carbocycles. The average Bonchev–Trinajstić information content (AvgIpc) is 2.61. The molecule has 2 aromatic rings. The van der Waals surface area contributed by atoms with E-state index >= 15 is 0 Å². The van der Waals surface area contributed by atoms with Gasteiger partial charge in [-0.15, -0.1) is 0 Å². The van der Waals surface area contributed by atoms with Crippen molar-refractivity contribution in [3.8, 4) is 0 Å². The SMILES string of the molecule is COCCCCNC(=O)C(Cc1cccnc1)c1ccc(F)cc1. The summed E-state index contributed by atoms with van der Waals surface area (Å²) < 4.78 is 18.2. The van der Waals surface area contributed by atoms with E-state index in [9.17, 15) is 9.18 Å². The largest absolute Gasteiger partial charge is 0.385 e. The van der Waals surface area contributed by atoms with Crippen LogP contribution in [0.25, 0.3) is 0 Å². The second kappa shape index (κ2) is 9.78. The highest BCUT2D eigenvalue weighted by Crippen LogP contribution is 2.21. The van der Waals surface area contributed by atoms with E-state index in [1.165, 1.54) is 12.1 Å². The zero-order valence-electron chi connectivity index (χ0n) is 13.9. The molecule has 1 aromatic carbocycles. The van der Waals surface area contributed by atoms with Crippen molar-refractivity contribution in [2.75, 3.05) is 20.3 Å². The molecule has 1 N–H and O–H groups in total. The fraction of sp³-hybridized carbons (Fsp3) is 0.368. The van der Waals surface area contributed by atoms with Crippen LogP contribution in [0.3, 0.4) is 0 Å². The number of pyridine rings is 1. The van der Waals surface area contributed by atoms with Crippen LogP contribution in [0, 0.1) is 5.82 Å². The molecule has 0 saturated heterocycles. The summed E-state index contributed by atoms with van der Waals surface area (Å²) in [7, 11) is 1.66. The lowest BCUT2D eigenvalue weighted by Gasteiger charge is -2.17. The van der Waals surface area contributed by atoms with Gasteiger partial charge in [-0.3, -0.25) is 9.78 Å². The van der Waals surface area contributed by atoms with E-state index in [1.807, 2.05) is 12.1 Å². The van der Waals surface area contributed by atoms with Gasteiger partial charge < -0.3 is 10.1 Å². The Hall–Kier alpha value is -2.27. The van der Waals surface area contributed by atoms with Crippen LogP contribution in [-0.4, -0.2) is 31.2 Å². The first kappa shape index (κ1) is 18.1. The van der Waals surface area contributed by atoms with E-state index < -0.39 is 0 Å². The molecule has 24 heavy (non-hydrogen) atoms. The summed E-state index contributed by atoms with van der Waals surface area (Å²) in [5, 5.41) is 2.97. The maximum absolute atomic E-state index is 13.2. The number of rotatable bonds is 9. The first-order chi connectivity index (χ1) is 11.7. The zero-order valence-corrected chi connectivity index (χ0v) is 13.9. The van der Waals surface area contributed by atoms with Crippen molar-refractivity contribution in [3.63, 3.8) is 0 Å². The Morgan fingerprint density at radius 1 is 1.25 bits per heavy atom. The number of hydrogen-bond donors (Lipinski definition) is 1. The molecular formula is C19H23FN2O2. The molecule has 128 valence electrons. The molecule has 1 heterocycles. The average molecular weight is 330 g/mol. The summed E-state index contributed by atoms with van der Waals surface area (Å²) in [6.45, 7) is 1.29. The van der Waals surface area contributed by atoms with E-state index in [-0.39, 0.29) is 17.6 Å². The summed E-state index contributed by atoms with van der Waals surface area (Å²) in [6.07, 6.45) is 5.75. The van der Waals surface area contributed by atoms with Crippen LogP contribution in [0.4, 0.5) is 4.39 Å². The minimum Gasteiger partial charge on any atom is -0.385 e. The number of benzene rings is 1. The lowest BCUT2D eigenvalue weighted by molar-refractivity contribution is -0.122. The van der Waals surface area contributed by atoms with Crippen LogP contribution in [-0.2, 0) is 16.0 Å². The highest BCUT2D eigenvalue weighted by molar-refractivity contribution is 5.83. The highest BCUT2D eigenvalue weighted by atomic mass is 19.1. The van der Waals surface area contributed by atoms with Gasteiger partial charge in [0, 0.05) is 32.7 Å². The van der Waals surface area contributed by atoms with Crippen molar-refractivity contribution in [2.45, 2.75) is 25.2 Å². The topological polar surface area (TPSA) is 51.2 Å². The number of aromatic nitrogens is 1. The molecule has 1 unspecified atom stereocenters. The molecule has 1 aromatic heterocycles. The van der Waals surface area contributed by atoms with E-state index in [1.54, 1.807) is 31.6 Å². The molecule has 2 rings (SSSR count). The van der Waals surface area contributed by atoms with Crippen molar-refractivity contribution in [3.05, 3.63) is 65.7 Å². The van der Waals surface area contributed by atoms with Crippen LogP contribution in [0.2, 0.25) is 0 Å². The number of carbonyl (C=O) groups excluding carboxylic acids is 1. The smallest absolute Gasteiger partial charge is 0.227 e. The number of nitrogens with zero attached hydrogens (tertiary/aromatic N) is 1. The predicted octanol–water partition coefficient (Wildman–Crippen LogP) is 3.09. The normalized spacial score (nSPS) is 11.9. The highest BCUT2D eigenvalue weighted by Gasteiger charge is 2.21. The molecule has 1 amide bonds. The number of ether oxygens (including phenoxy) is 1. The molecule has 0 bridgehead atoms. The van der Waals surface area contributed by atoms with Gasteiger partial charge in [0.1, 0.15) is 5.82 Å². The molecule has 0 radical (unpaired) electrons. The Bertz CT molecular complexity index is 617. The summed E-state index contributed by atoms with van der Waals surface area (Å²) >= 11 is 0. The number of unbranched alkanes of at least 4 members (excludes halogenated alkanes) is 1. The Balaban J connectivity index is 2.04. The molecule has 4 nitrogen and oxygen atoms in total.